The van der Waals surface area contributed by atoms with Crippen molar-refractivity contribution in [2.24, 2.45) is 5.41 Å². The summed E-state index contributed by atoms with van der Waals surface area (Å²) in [7, 11) is -1.74. The molecule has 2 rings (SSSR count). The van der Waals surface area contributed by atoms with Crippen LogP contribution < -0.4 is 5.46 Å². The van der Waals surface area contributed by atoms with Crippen LogP contribution in [0.2, 0.25) is 19.6 Å². The molecule has 21 heavy (non-hydrogen) atoms. The van der Waals surface area contributed by atoms with Gasteiger partial charge in [0.25, 0.3) is 0 Å². The first-order valence-electron chi connectivity index (χ1n) is 7.32. The molecule has 0 saturated carbocycles. The molecule has 0 atom stereocenters. The van der Waals surface area contributed by atoms with Crippen LogP contribution in [-0.2, 0) is 13.7 Å². The normalized spacial score (nSPS) is 18.8. The van der Waals surface area contributed by atoms with Crippen LogP contribution in [0.3, 0.4) is 0 Å². The lowest BCUT2D eigenvalue weighted by Gasteiger charge is -2.37. The summed E-state index contributed by atoms with van der Waals surface area (Å²) in [6.07, 6.45) is 2.08. The van der Waals surface area contributed by atoms with Crippen molar-refractivity contribution in [3.8, 4) is 0 Å². The fourth-order valence-electron chi connectivity index (χ4n) is 2.07. The molecule has 1 aromatic carbocycles. The standard InChI is InChI=1S/C15H25BO3SSi/c1-15(12-19-21(3,4)5)10-17-16(18-11-15)13-6-8-14(20-2)9-7-13/h6-9H,10-12H2,1-5H3. The SMILES string of the molecule is CSc1ccc(B2OCC(C)(CO[Si](C)(C)C)CO2)cc1. The first-order chi connectivity index (χ1) is 9.81. The van der Waals surface area contributed by atoms with Gasteiger partial charge in [-0.3, -0.25) is 0 Å². The Morgan fingerprint density at radius 2 is 1.76 bits per heavy atom. The van der Waals surface area contributed by atoms with E-state index in [1.807, 2.05) is 0 Å². The van der Waals surface area contributed by atoms with Gasteiger partial charge in [-0.15, -0.1) is 11.8 Å². The maximum atomic E-state index is 6.02. The Bertz CT molecular complexity index is 453. The summed E-state index contributed by atoms with van der Waals surface area (Å²) in [6.45, 7) is 10.8. The van der Waals surface area contributed by atoms with Crippen molar-refractivity contribution in [1.82, 2.24) is 0 Å². The van der Waals surface area contributed by atoms with E-state index in [2.05, 4.69) is 57.1 Å². The van der Waals surface area contributed by atoms with Crippen LogP contribution in [0, 0.1) is 5.41 Å². The van der Waals surface area contributed by atoms with Crippen LogP contribution in [0.25, 0.3) is 0 Å². The largest absolute Gasteiger partial charge is 0.493 e. The predicted molar refractivity (Wildman–Crippen MR) is 92.9 cm³/mol. The summed E-state index contributed by atoms with van der Waals surface area (Å²) in [5.74, 6) is 0. The van der Waals surface area contributed by atoms with Crippen molar-refractivity contribution in [3.63, 3.8) is 0 Å². The van der Waals surface area contributed by atoms with Gasteiger partial charge in [0, 0.05) is 30.1 Å². The van der Waals surface area contributed by atoms with Crippen molar-refractivity contribution in [2.75, 3.05) is 26.1 Å². The zero-order valence-corrected chi connectivity index (χ0v) is 15.5. The van der Waals surface area contributed by atoms with Crippen LogP contribution >= 0.6 is 11.8 Å². The lowest BCUT2D eigenvalue weighted by atomic mass is 9.76. The Labute approximate surface area is 134 Å². The molecule has 1 aliphatic heterocycles. The van der Waals surface area contributed by atoms with Gasteiger partial charge in [0.2, 0.25) is 0 Å². The second-order valence-corrected chi connectivity index (χ2v) is 12.3. The molecule has 1 aliphatic rings. The smallest absolute Gasteiger partial charge is 0.417 e. The Morgan fingerprint density at radius 1 is 1.19 bits per heavy atom. The van der Waals surface area contributed by atoms with Gasteiger partial charge in [0.15, 0.2) is 8.32 Å². The fraction of sp³-hybridized carbons (Fsp3) is 0.600. The summed E-state index contributed by atoms with van der Waals surface area (Å²) in [4.78, 5) is 1.25. The van der Waals surface area contributed by atoms with E-state index in [1.165, 1.54) is 4.90 Å². The Morgan fingerprint density at radius 3 is 2.24 bits per heavy atom. The first kappa shape index (κ1) is 17.1. The van der Waals surface area contributed by atoms with Gasteiger partial charge in [0.1, 0.15) is 0 Å². The molecule has 0 N–H and O–H groups in total. The van der Waals surface area contributed by atoms with Gasteiger partial charge in [-0.05, 0) is 43.5 Å². The predicted octanol–water partition coefficient (Wildman–Crippen LogP) is 3.01. The van der Waals surface area contributed by atoms with Gasteiger partial charge < -0.3 is 13.7 Å². The number of benzene rings is 1. The van der Waals surface area contributed by atoms with Gasteiger partial charge in [-0.25, -0.2) is 0 Å². The van der Waals surface area contributed by atoms with E-state index in [-0.39, 0.29) is 12.5 Å². The zero-order chi connectivity index (χ0) is 15.5. The summed E-state index contributed by atoms with van der Waals surface area (Å²) < 4.78 is 17.9. The minimum absolute atomic E-state index is 0.0456. The van der Waals surface area contributed by atoms with E-state index >= 15 is 0 Å². The van der Waals surface area contributed by atoms with E-state index in [1.54, 1.807) is 11.8 Å². The summed E-state index contributed by atoms with van der Waals surface area (Å²) in [5, 5.41) is 0. The molecule has 1 saturated heterocycles. The highest BCUT2D eigenvalue weighted by atomic mass is 32.2. The monoisotopic (exact) mass is 324 g/mol. The molecule has 116 valence electrons. The van der Waals surface area contributed by atoms with Crippen molar-refractivity contribution in [1.29, 1.82) is 0 Å². The second kappa shape index (κ2) is 6.88. The minimum Gasteiger partial charge on any atom is -0.417 e. The Hall–Kier alpha value is -0.268. The van der Waals surface area contributed by atoms with Gasteiger partial charge in [-0.1, -0.05) is 19.1 Å². The average Bonchev–Trinajstić information content (AvgIpc) is 2.46. The number of hydrogen-bond acceptors (Lipinski definition) is 4. The number of rotatable bonds is 5. The molecule has 1 aromatic rings. The van der Waals surface area contributed by atoms with Gasteiger partial charge >= 0.3 is 7.12 Å². The maximum absolute atomic E-state index is 6.02. The molecule has 0 spiro atoms. The van der Waals surface area contributed by atoms with E-state index in [0.717, 1.165) is 5.46 Å². The van der Waals surface area contributed by atoms with Crippen molar-refractivity contribution < 1.29 is 13.7 Å². The molecule has 1 heterocycles. The van der Waals surface area contributed by atoms with Crippen LogP contribution in [0.1, 0.15) is 6.92 Å². The summed E-state index contributed by atoms with van der Waals surface area (Å²) in [6, 6.07) is 8.37. The van der Waals surface area contributed by atoms with Crippen molar-refractivity contribution in [2.45, 2.75) is 31.5 Å². The Kier molecular flexibility index (Phi) is 5.60. The molecular weight excluding hydrogens is 299 g/mol. The Balaban J connectivity index is 1.89. The lowest BCUT2D eigenvalue weighted by Crippen LogP contribution is -2.51. The van der Waals surface area contributed by atoms with E-state index in [0.29, 0.717) is 19.8 Å². The molecule has 1 fully saturated rings. The van der Waals surface area contributed by atoms with Crippen molar-refractivity contribution in [3.05, 3.63) is 24.3 Å². The van der Waals surface area contributed by atoms with E-state index in [9.17, 15) is 0 Å². The molecule has 0 aliphatic carbocycles. The second-order valence-electron chi connectivity index (χ2n) is 6.94. The average molecular weight is 324 g/mol. The fourth-order valence-corrected chi connectivity index (χ4v) is 3.26. The third-order valence-corrected chi connectivity index (χ3v) is 5.16. The molecule has 3 nitrogen and oxygen atoms in total. The molecule has 0 aromatic heterocycles. The van der Waals surface area contributed by atoms with Crippen LogP contribution in [-0.4, -0.2) is 41.5 Å². The highest BCUT2D eigenvalue weighted by Gasteiger charge is 2.37. The maximum Gasteiger partial charge on any atom is 0.493 e. The number of hydrogen-bond donors (Lipinski definition) is 0. The highest BCUT2D eigenvalue weighted by molar-refractivity contribution is 7.98. The van der Waals surface area contributed by atoms with Crippen molar-refractivity contribution >= 4 is 32.7 Å². The van der Waals surface area contributed by atoms with E-state index < -0.39 is 8.32 Å². The molecule has 0 bridgehead atoms. The molecule has 6 heteroatoms. The third kappa shape index (κ3) is 5.14. The molecule has 0 amide bonds. The molecule has 0 radical (unpaired) electrons. The molecule has 0 unspecified atom stereocenters. The number of thioether (sulfide) groups is 1. The molecular formula is C15H25BO3SSi. The zero-order valence-electron chi connectivity index (χ0n) is 13.6. The summed E-state index contributed by atoms with van der Waals surface area (Å²) >= 11 is 1.74. The highest BCUT2D eigenvalue weighted by Crippen LogP contribution is 2.25. The topological polar surface area (TPSA) is 27.7 Å². The third-order valence-electron chi connectivity index (χ3n) is 3.41. The van der Waals surface area contributed by atoms with Crippen LogP contribution in [0.15, 0.2) is 29.2 Å². The van der Waals surface area contributed by atoms with Gasteiger partial charge in [0.05, 0.1) is 0 Å². The van der Waals surface area contributed by atoms with E-state index in [4.69, 9.17) is 13.7 Å². The van der Waals surface area contributed by atoms with Crippen LogP contribution in [0.5, 0.6) is 0 Å². The quantitative estimate of drug-likeness (QED) is 0.615. The van der Waals surface area contributed by atoms with Crippen LogP contribution in [0.4, 0.5) is 0 Å². The van der Waals surface area contributed by atoms with Gasteiger partial charge in [-0.2, -0.15) is 0 Å². The lowest BCUT2D eigenvalue weighted by molar-refractivity contribution is -0.00963. The summed E-state index contributed by atoms with van der Waals surface area (Å²) in [5.41, 5.74) is 1.04. The minimum atomic E-state index is -1.49. The first-order valence-corrected chi connectivity index (χ1v) is 12.0.